The van der Waals surface area contributed by atoms with Crippen molar-refractivity contribution in [2.75, 3.05) is 34.3 Å². The van der Waals surface area contributed by atoms with Crippen molar-refractivity contribution in [3.05, 3.63) is 68.7 Å². The van der Waals surface area contributed by atoms with Gasteiger partial charge in [-0.2, -0.15) is 0 Å². The predicted molar refractivity (Wildman–Crippen MR) is 122 cm³/mol. The lowest BCUT2D eigenvalue weighted by molar-refractivity contribution is -0.140. The average molecular weight is 463 g/mol. The van der Waals surface area contributed by atoms with E-state index in [9.17, 15) is 14.7 Å². The lowest BCUT2D eigenvalue weighted by Crippen LogP contribution is -2.35. The molecule has 0 bridgehead atoms. The number of likely N-dealkylation sites (tertiary alicyclic amines) is 1. The summed E-state index contributed by atoms with van der Waals surface area (Å²) < 4.78 is 5.34. The standard InChI is InChI=1S/C23H24Cl2N2O4/c1-13-6-5-7-14(10-13)19-18(21(29)23(30)27(19)9-8-26(2)3)20(28)16-11-15(24)12-17(25)22(16)31-4/h5-7,10-12,19,28H,8-9H2,1-4H3/b20-18+. The highest BCUT2D eigenvalue weighted by Gasteiger charge is 2.46. The Bertz CT molecular complexity index is 1070. The zero-order valence-corrected chi connectivity index (χ0v) is 19.3. The Hall–Kier alpha value is -2.54. The van der Waals surface area contributed by atoms with Gasteiger partial charge in [0.2, 0.25) is 0 Å². The van der Waals surface area contributed by atoms with Crippen LogP contribution in [0.2, 0.25) is 10.0 Å². The number of nitrogens with zero attached hydrogens (tertiary/aromatic N) is 2. The van der Waals surface area contributed by atoms with Gasteiger partial charge < -0.3 is 19.6 Å². The normalized spacial score (nSPS) is 18.2. The van der Waals surface area contributed by atoms with Crippen LogP contribution < -0.4 is 4.74 Å². The summed E-state index contributed by atoms with van der Waals surface area (Å²) in [6.45, 7) is 2.80. The Morgan fingerprint density at radius 1 is 1.19 bits per heavy atom. The van der Waals surface area contributed by atoms with Crippen molar-refractivity contribution in [1.29, 1.82) is 0 Å². The maximum absolute atomic E-state index is 13.1. The summed E-state index contributed by atoms with van der Waals surface area (Å²) in [6, 6.07) is 9.70. The van der Waals surface area contributed by atoms with Crippen LogP contribution >= 0.6 is 23.2 Å². The number of carbonyl (C=O) groups is 2. The van der Waals surface area contributed by atoms with Crippen molar-refractivity contribution in [2.24, 2.45) is 0 Å². The van der Waals surface area contributed by atoms with Gasteiger partial charge in [-0.1, -0.05) is 53.0 Å². The summed E-state index contributed by atoms with van der Waals surface area (Å²) >= 11 is 12.4. The fourth-order valence-corrected chi connectivity index (χ4v) is 4.26. The van der Waals surface area contributed by atoms with Gasteiger partial charge in [-0.05, 0) is 38.7 Å². The Morgan fingerprint density at radius 3 is 2.52 bits per heavy atom. The van der Waals surface area contributed by atoms with E-state index in [2.05, 4.69) is 0 Å². The summed E-state index contributed by atoms with van der Waals surface area (Å²) in [5, 5.41) is 11.7. The van der Waals surface area contributed by atoms with Crippen molar-refractivity contribution in [3.8, 4) is 5.75 Å². The van der Waals surface area contributed by atoms with Crippen molar-refractivity contribution < 1.29 is 19.4 Å². The predicted octanol–water partition coefficient (Wildman–Crippen LogP) is 4.29. The van der Waals surface area contributed by atoms with Gasteiger partial charge in [-0.25, -0.2) is 0 Å². The number of amides is 1. The van der Waals surface area contributed by atoms with E-state index in [-0.39, 0.29) is 32.7 Å². The largest absolute Gasteiger partial charge is 0.507 e. The number of hydrogen-bond acceptors (Lipinski definition) is 5. The van der Waals surface area contributed by atoms with Gasteiger partial charge in [0.25, 0.3) is 11.7 Å². The van der Waals surface area contributed by atoms with E-state index in [4.69, 9.17) is 27.9 Å². The van der Waals surface area contributed by atoms with Crippen LogP contribution in [0, 0.1) is 6.92 Å². The third-order valence-electron chi connectivity index (χ3n) is 5.15. The van der Waals surface area contributed by atoms with E-state index in [0.29, 0.717) is 13.1 Å². The fourth-order valence-electron chi connectivity index (χ4n) is 3.69. The molecule has 0 spiro atoms. The number of likely N-dealkylation sites (N-methyl/N-ethyl adjacent to an activating group) is 1. The number of aliphatic hydroxyl groups is 1. The molecule has 164 valence electrons. The summed E-state index contributed by atoms with van der Waals surface area (Å²) in [5.41, 5.74) is 1.83. The summed E-state index contributed by atoms with van der Waals surface area (Å²) in [7, 11) is 5.17. The van der Waals surface area contributed by atoms with Crippen LogP contribution in [0.3, 0.4) is 0 Å². The number of rotatable bonds is 6. The van der Waals surface area contributed by atoms with Crippen LogP contribution in [0.25, 0.3) is 5.76 Å². The van der Waals surface area contributed by atoms with E-state index < -0.39 is 17.7 Å². The zero-order chi connectivity index (χ0) is 22.9. The number of Topliss-reactive ketones (excluding diaryl/α,β-unsaturated/α-hetero) is 1. The molecule has 31 heavy (non-hydrogen) atoms. The molecule has 0 saturated carbocycles. The van der Waals surface area contributed by atoms with E-state index in [0.717, 1.165) is 11.1 Å². The van der Waals surface area contributed by atoms with Gasteiger partial charge in [0, 0.05) is 18.1 Å². The topological polar surface area (TPSA) is 70.1 Å². The molecule has 1 heterocycles. The first-order chi connectivity index (χ1) is 14.6. The van der Waals surface area contributed by atoms with Crippen LogP contribution in [-0.2, 0) is 9.59 Å². The maximum Gasteiger partial charge on any atom is 0.295 e. The number of hydrogen-bond donors (Lipinski definition) is 1. The molecule has 0 aromatic heterocycles. The molecule has 0 aliphatic carbocycles. The molecule has 8 heteroatoms. The lowest BCUT2D eigenvalue weighted by atomic mass is 9.94. The molecule has 0 radical (unpaired) electrons. The van der Waals surface area contributed by atoms with Crippen LogP contribution in [0.15, 0.2) is 42.0 Å². The molecule has 1 unspecified atom stereocenters. The van der Waals surface area contributed by atoms with E-state index in [1.165, 1.54) is 24.1 Å². The average Bonchev–Trinajstić information content (AvgIpc) is 2.95. The number of carbonyl (C=O) groups excluding carboxylic acids is 2. The summed E-state index contributed by atoms with van der Waals surface area (Å²) in [6.07, 6.45) is 0. The van der Waals surface area contributed by atoms with Gasteiger partial charge in [0.15, 0.2) is 0 Å². The van der Waals surface area contributed by atoms with Gasteiger partial charge >= 0.3 is 0 Å². The molecule has 1 amide bonds. The quantitative estimate of drug-likeness (QED) is 0.393. The monoisotopic (exact) mass is 462 g/mol. The Morgan fingerprint density at radius 2 is 1.90 bits per heavy atom. The minimum absolute atomic E-state index is 0.0222. The molecule has 2 aromatic carbocycles. The molecule has 1 aliphatic rings. The summed E-state index contributed by atoms with van der Waals surface area (Å²) in [5.74, 6) is -1.63. The lowest BCUT2D eigenvalue weighted by Gasteiger charge is -2.27. The Kier molecular flexibility index (Phi) is 6.94. The van der Waals surface area contributed by atoms with E-state index in [1.54, 1.807) is 0 Å². The van der Waals surface area contributed by atoms with Crippen LogP contribution in [0.5, 0.6) is 5.75 Å². The minimum atomic E-state index is -0.763. The highest BCUT2D eigenvalue weighted by atomic mass is 35.5. The second-order valence-corrected chi connectivity index (χ2v) is 8.52. The number of aliphatic hydroxyl groups excluding tert-OH is 1. The number of aryl methyl sites for hydroxylation is 1. The number of ketones is 1. The molecule has 1 N–H and O–H groups in total. The number of halogens is 2. The molecular weight excluding hydrogens is 439 g/mol. The van der Waals surface area contributed by atoms with Crippen molar-refractivity contribution in [1.82, 2.24) is 9.80 Å². The smallest absolute Gasteiger partial charge is 0.295 e. The molecular formula is C23H24Cl2N2O4. The zero-order valence-electron chi connectivity index (χ0n) is 17.8. The molecule has 1 fully saturated rings. The van der Waals surface area contributed by atoms with E-state index in [1.807, 2.05) is 50.2 Å². The van der Waals surface area contributed by atoms with Crippen LogP contribution in [-0.4, -0.2) is 60.9 Å². The van der Waals surface area contributed by atoms with E-state index >= 15 is 0 Å². The molecule has 2 aromatic rings. The number of ether oxygens (including phenoxy) is 1. The van der Waals surface area contributed by atoms with Crippen LogP contribution in [0.1, 0.15) is 22.7 Å². The molecule has 1 aliphatic heterocycles. The van der Waals surface area contributed by atoms with Gasteiger partial charge in [0.05, 0.1) is 29.3 Å². The van der Waals surface area contributed by atoms with Gasteiger partial charge in [-0.3, -0.25) is 9.59 Å². The van der Waals surface area contributed by atoms with Crippen LogP contribution in [0.4, 0.5) is 0 Å². The van der Waals surface area contributed by atoms with Crippen molar-refractivity contribution in [2.45, 2.75) is 13.0 Å². The second-order valence-electron chi connectivity index (χ2n) is 7.68. The first-order valence-electron chi connectivity index (χ1n) is 9.68. The molecule has 1 saturated heterocycles. The fraction of sp³-hybridized carbons (Fsp3) is 0.304. The van der Waals surface area contributed by atoms with Gasteiger partial charge in [0.1, 0.15) is 11.5 Å². The highest BCUT2D eigenvalue weighted by Crippen LogP contribution is 2.43. The minimum Gasteiger partial charge on any atom is -0.507 e. The molecule has 1 atom stereocenters. The number of methoxy groups -OCH3 is 1. The third kappa shape index (κ3) is 4.56. The van der Waals surface area contributed by atoms with Crippen molar-refractivity contribution >= 4 is 40.7 Å². The van der Waals surface area contributed by atoms with Crippen molar-refractivity contribution in [3.63, 3.8) is 0 Å². The number of benzene rings is 2. The first-order valence-corrected chi connectivity index (χ1v) is 10.4. The third-order valence-corrected chi connectivity index (χ3v) is 5.65. The Labute approximate surface area is 191 Å². The summed E-state index contributed by atoms with van der Waals surface area (Å²) in [4.78, 5) is 29.4. The SMILES string of the molecule is COc1c(Cl)cc(Cl)cc1/C(O)=C1\C(=O)C(=O)N(CCN(C)C)C1c1cccc(C)c1. The Balaban J connectivity index is 2.25. The first kappa shape index (κ1) is 23.1. The maximum atomic E-state index is 13.1. The molecule has 3 rings (SSSR count). The highest BCUT2D eigenvalue weighted by molar-refractivity contribution is 6.46. The second kappa shape index (κ2) is 9.30. The molecule has 6 nitrogen and oxygen atoms in total. The van der Waals surface area contributed by atoms with Gasteiger partial charge in [-0.15, -0.1) is 0 Å².